The molecule has 3 aromatic rings. The van der Waals surface area contributed by atoms with Gasteiger partial charge in [0, 0.05) is 11.3 Å². The third kappa shape index (κ3) is 4.06. The van der Waals surface area contributed by atoms with Crippen LogP contribution in [0.3, 0.4) is 0 Å². The molecule has 1 aliphatic rings. The molecule has 1 amide bonds. The molecule has 1 N–H and O–H groups in total. The van der Waals surface area contributed by atoms with E-state index >= 15 is 0 Å². The van der Waals surface area contributed by atoms with Crippen molar-refractivity contribution in [2.45, 2.75) is 45.6 Å². The summed E-state index contributed by atoms with van der Waals surface area (Å²) < 4.78 is 7.73. The maximum absolute atomic E-state index is 12.5. The first-order valence-electron chi connectivity index (χ1n) is 9.66. The molecule has 0 aliphatic heterocycles. The zero-order valence-electron chi connectivity index (χ0n) is 16.2. The first kappa shape index (κ1) is 18.2. The van der Waals surface area contributed by atoms with E-state index in [0.29, 0.717) is 17.4 Å². The van der Waals surface area contributed by atoms with Gasteiger partial charge in [-0.3, -0.25) is 4.79 Å². The highest BCUT2D eigenvalue weighted by atomic mass is 16.5. The summed E-state index contributed by atoms with van der Waals surface area (Å²) >= 11 is 0. The van der Waals surface area contributed by atoms with Crippen LogP contribution in [0.5, 0.6) is 5.75 Å². The zero-order chi connectivity index (χ0) is 19.5. The lowest BCUT2D eigenvalue weighted by molar-refractivity contribution is 0.102. The van der Waals surface area contributed by atoms with Crippen molar-refractivity contribution in [1.29, 1.82) is 0 Å². The summed E-state index contributed by atoms with van der Waals surface area (Å²) in [5.74, 6) is 1.37. The lowest BCUT2D eigenvalue weighted by Crippen LogP contribution is -2.13. The summed E-state index contributed by atoms with van der Waals surface area (Å²) in [5, 5.41) is 7.30. The van der Waals surface area contributed by atoms with Crippen molar-refractivity contribution in [3.05, 3.63) is 65.6 Å². The maximum Gasteiger partial charge on any atom is 0.255 e. The maximum atomic E-state index is 12.5. The van der Waals surface area contributed by atoms with E-state index in [9.17, 15) is 4.79 Å². The minimum atomic E-state index is -0.173. The molecule has 1 aromatic carbocycles. The number of carbonyl (C=O) groups excluding carboxylic acids is 1. The van der Waals surface area contributed by atoms with E-state index < -0.39 is 0 Å². The Balaban J connectivity index is 1.39. The number of ether oxygens (including phenoxy) is 1. The van der Waals surface area contributed by atoms with Gasteiger partial charge in [0.15, 0.2) is 5.82 Å². The molecule has 4 rings (SSSR count). The lowest BCUT2D eigenvalue weighted by Gasteiger charge is -2.13. The molecule has 6 heteroatoms. The second-order valence-corrected chi connectivity index (χ2v) is 7.25. The fourth-order valence-corrected chi connectivity index (χ4v) is 3.53. The molecule has 1 aliphatic carbocycles. The van der Waals surface area contributed by atoms with Crippen LogP contribution in [0.1, 0.15) is 47.4 Å². The number of rotatable bonds is 5. The summed E-state index contributed by atoms with van der Waals surface area (Å²) in [5.41, 5.74) is 3.18. The van der Waals surface area contributed by atoms with Gasteiger partial charge >= 0.3 is 0 Å². The smallest absolute Gasteiger partial charge is 0.255 e. The Morgan fingerprint density at radius 1 is 1.11 bits per heavy atom. The van der Waals surface area contributed by atoms with Crippen LogP contribution in [0.4, 0.5) is 5.69 Å². The molecule has 0 radical (unpaired) electrons. The molecule has 0 atom stereocenters. The van der Waals surface area contributed by atoms with E-state index in [1.165, 1.54) is 12.8 Å². The molecule has 6 nitrogen and oxygen atoms in total. The molecule has 144 valence electrons. The van der Waals surface area contributed by atoms with Crippen molar-refractivity contribution < 1.29 is 9.53 Å². The molecule has 0 spiro atoms. The van der Waals surface area contributed by atoms with Crippen molar-refractivity contribution in [2.24, 2.45) is 0 Å². The quantitative estimate of drug-likeness (QED) is 0.714. The van der Waals surface area contributed by atoms with Crippen LogP contribution in [0.25, 0.3) is 5.82 Å². The summed E-state index contributed by atoms with van der Waals surface area (Å²) in [6.07, 6.45) is 6.65. The van der Waals surface area contributed by atoms with Gasteiger partial charge < -0.3 is 10.1 Å². The number of nitrogens with one attached hydrogen (secondary N) is 1. The molecule has 2 heterocycles. The van der Waals surface area contributed by atoms with Gasteiger partial charge in [-0.15, -0.1) is 0 Å². The van der Waals surface area contributed by atoms with E-state index in [1.807, 2.05) is 44.2 Å². The average Bonchev–Trinajstić information content (AvgIpc) is 3.32. The van der Waals surface area contributed by atoms with Crippen molar-refractivity contribution >= 4 is 11.6 Å². The SMILES string of the molecule is Cc1cc(C)n(-c2ccc(NC(=O)c3ccc(OC4CCCC4)cc3)cn2)n1. The van der Waals surface area contributed by atoms with Gasteiger partial charge in [-0.2, -0.15) is 5.10 Å². The number of aromatic nitrogens is 3. The molecule has 1 saturated carbocycles. The summed E-state index contributed by atoms with van der Waals surface area (Å²) in [4.78, 5) is 16.9. The largest absolute Gasteiger partial charge is 0.490 e. The van der Waals surface area contributed by atoms with Crippen LogP contribution in [-0.2, 0) is 0 Å². The Morgan fingerprint density at radius 2 is 1.86 bits per heavy atom. The first-order chi connectivity index (χ1) is 13.6. The zero-order valence-corrected chi connectivity index (χ0v) is 16.2. The minimum Gasteiger partial charge on any atom is -0.490 e. The number of amides is 1. The highest BCUT2D eigenvalue weighted by Crippen LogP contribution is 2.24. The Labute approximate surface area is 164 Å². The Morgan fingerprint density at radius 3 is 2.46 bits per heavy atom. The van der Waals surface area contributed by atoms with E-state index in [1.54, 1.807) is 23.0 Å². The van der Waals surface area contributed by atoms with Gasteiger partial charge in [-0.05, 0) is 82.0 Å². The number of benzene rings is 1. The van der Waals surface area contributed by atoms with E-state index in [0.717, 1.165) is 35.8 Å². The number of anilines is 1. The third-order valence-electron chi connectivity index (χ3n) is 4.95. The minimum absolute atomic E-state index is 0.173. The van der Waals surface area contributed by atoms with E-state index in [-0.39, 0.29) is 5.91 Å². The van der Waals surface area contributed by atoms with Crippen molar-refractivity contribution in [2.75, 3.05) is 5.32 Å². The van der Waals surface area contributed by atoms with Crippen LogP contribution >= 0.6 is 0 Å². The van der Waals surface area contributed by atoms with Crippen molar-refractivity contribution in [1.82, 2.24) is 14.8 Å². The fraction of sp³-hybridized carbons (Fsp3) is 0.318. The second kappa shape index (κ2) is 7.84. The molecular formula is C22H24N4O2. The van der Waals surface area contributed by atoms with Crippen molar-refractivity contribution in [3.8, 4) is 11.6 Å². The number of pyridine rings is 1. The molecule has 28 heavy (non-hydrogen) atoms. The topological polar surface area (TPSA) is 69.0 Å². The van der Waals surface area contributed by atoms with Crippen LogP contribution in [0, 0.1) is 13.8 Å². The van der Waals surface area contributed by atoms with E-state index in [2.05, 4.69) is 15.4 Å². The highest BCUT2D eigenvalue weighted by molar-refractivity contribution is 6.04. The lowest BCUT2D eigenvalue weighted by atomic mass is 10.2. The summed E-state index contributed by atoms with van der Waals surface area (Å²) in [6.45, 7) is 3.93. The van der Waals surface area contributed by atoms with Crippen LogP contribution < -0.4 is 10.1 Å². The Kier molecular flexibility index (Phi) is 5.10. The van der Waals surface area contributed by atoms with Gasteiger partial charge in [0.2, 0.25) is 0 Å². The van der Waals surface area contributed by atoms with Crippen LogP contribution in [-0.4, -0.2) is 26.8 Å². The predicted octanol–water partition coefficient (Wildman–Crippen LogP) is 4.46. The van der Waals surface area contributed by atoms with E-state index in [4.69, 9.17) is 4.74 Å². The molecule has 0 unspecified atom stereocenters. The Hall–Kier alpha value is -3.15. The summed E-state index contributed by atoms with van der Waals surface area (Å²) in [6, 6.07) is 13.0. The number of nitrogens with zero attached hydrogens (tertiary/aromatic N) is 3. The molecule has 2 aromatic heterocycles. The molecule has 0 bridgehead atoms. The third-order valence-corrected chi connectivity index (χ3v) is 4.95. The molecule has 1 fully saturated rings. The summed E-state index contributed by atoms with van der Waals surface area (Å²) in [7, 11) is 0. The number of hydrogen-bond donors (Lipinski definition) is 1. The monoisotopic (exact) mass is 376 g/mol. The molecular weight excluding hydrogens is 352 g/mol. The first-order valence-corrected chi connectivity index (χ1v) is 9.66. The second-order valence-electron chi connectivity index (χ2n) is 7.25. The predicted molar refractivity (Wildman–Crippen MR) is 108 cm³/mol. The van der Waals surface area contributed by atoms with Crippen molar-refractivity contribution in [3.63, 3.8) is 0 Å². The number of aryl methyl sites for hydroxylation is 2. The van der Waals surface area contributed by atoms with Crippen LogP contribution in [0.15, 0.2) is 48.7 Å². The van der Waals surface area contributed by atoms with Gasteiger partial charge in [0.25, 0.3) is 5.91 Å². The molecule has 0 saturated heterocycles. The number of hydrogen-bond acceptors (Lipinski definition) is 4. The fourth-order valence-electron chi connectivity index (χ4n) is 3.53. The Bertz CT molecular complexity index is 955. The normalized spacial score (nSPS) is 14.2. The average molecular weight is 376 g/mol. The van der Waals surface area contributed by atoms with Crippen LogP contribution in [0.2, 0.25) is 0 Å². The van der Waals surface area contributed by atoms with Gasteiger partial charge in [0.1, 0.15) is 5.75 Å². The van der Waals surface area contributed by atoms with Gasteiger partial charge in [-0.1, -0.05) is 0 Å². The van der Waals surface area contributed by atoms with Gasteiger partial charge in [0.05, 0.1) is 23.7 Å². The number of carbonyl (C=O) groups is 1. The highest BCUT2D eigenvalue weighted by Gasteiger charge is 2.16. The van der Waals surface area contributed by atoms with Gasteiger partial charge in [-0.25, -0.2) is 9.67 Å². The standard InChI is InChI=1S/C22H24N4O2/c1-15-13-16(2)26(25-15)21-12-9-18(14-23-21)24-22(27)17-7-10-20(11-8-17)28-19-5-3-4-6-19/h7-14,19H,3-6H2,1-2H3,(H,24,27).